The summed E-state index contributed by atoms with van der Waals surface area (Å²) in [6, 6.07) is 1.31. The Morgan fingerprint density at radius 2 is 2.07 bits per heavy atom. The Bertz CT molecular complexity index is 643. The lowest BCUT2D eigenvalue weighted by Gasteiger charge is -2.39. The van der Waals surface area contributed by atoms with Crippen LogP contribution in [0.5, 0.6) is 0 Å². The molecule has 27 heavy (non-hydrogen) atoms. The molecule has 1 aromatic rings. The van der Waals surface area contributed by atoms with E-state index in [4.69, 9.17) is 0 Å². The number of aliphatic hydroxyl groups excluding tert-OH is 1. The summed E-state index contributed by atoms with van der Waals surface area (Å²) in [7, 11) is 0. The highest BCUT2D eigenvalue weighted by Gasteiger charge is 2.33. The molecule has 1 fully saturated rings. The summed E-state index contributed by atoms with van der Waals surface area (Å²) in [6.45, 7) is 12.1. The lowest BCUT2D eigenvalue weighted by molar-refractivity contribution is -0.141. The average Bonchev–Trinajstić information content (AvgIpc) is 2.58. The van der Waals surface area contributed by atoms with Crippen molar-refractivity contribution in [3.05, 3.63) is 29.8 Å². The van der Waals surface area contributed by atoms with Crippen LogP contribution >= 0.6 is 0 Å². The van der Waals surface area contributed by atoms with Crippen LogP contribution in [0.25, 0.3) is 0 Å². The molecule has 5 nitrogen and oxygen atoms in total. The van der Waals surface area contributed by atoms with Crippen molar-refractivity contribution in [2.45, 2.75) is 65.5 Å². The fraction of sp³-hybridized carbons (Fsp3) is 0.714. The number of halogens is 1. The van der Waals surface area contributed by atoms with Crippen LogP contribution < -0.4 is 5.32 Å². The van der Waals surface area contributed by atoms with Gasteiger partial charge in [0.1, 0.15) is 5.82 Å². The van der Waals surface area contributed by atoms with E-state index in [-0.39, 0.29) is 16.9 Å². The number of aromatic nitrogens is 1. The molecule has 2 N–H and O–H groups in total. The quantitative estimate of drug-likeness (QED) is 0.796. The molecule has 2 heterocycles. The fourth-order valence-corrected chi connectivity index (χ4v) is 3.79. The van der Waals surface area contributed by atoms with Gasteiger partial charge in [0.05, 0.1) is 12.3 Å². The first-order valence-corrected chi connectivity index (χ1v) is 9.81. The van der Waals surface area contributed by atoms with Crippen molar-refractivity contribution in [3.8, 4) is 0 Å². The van der Waals surface area contributed by atoms with Gasteiger partial charge in [0.2, 0.25) is 5.91 Å². The van der Waals surface area contributed by atoms with Crippen molar-refractivity contribution in [1.82, 2.24) is 15.2 Å². The minimum Gasteiger partial charge on any atom is -0.387 e. The van der Waals surface area contributed by atoms with Gasteiger partial charge in [-0.15, -0.1) is 0 Å². The summed E-state index contributed by atoms with van der Waals surface area (Å²) < 4.78 is 13.3. The summed E-state index contributed by atoms with van der Waals surface area (Å²) in [5, 5.41) is 13.7. The zero-order chi connectivity index (χ0) is 20.2. The van der Waals surface area contributed by atoms with E-state index in [0.717, 1.165) is 38.5 Å². The number of nitrogens with zero attached hydrogens (tertiary/aromatic N) is 2. The number of pyridine rings is 1. The van der Waals surface area contributed by atoms with Gasteiger partial charge in [-0.25, -0.2) is 4.39 Å². The van der Waals surface area contributed by atoms with E-state index in [1.54, 1.807) is 0 Å². The van der Waals surface area contributed by atoms with Crippen molar-refractivity contribution < 1.29 is 14.3 Å². The van der Waals surface area contributed by atoms with E-state index in [9.17, 15) is 14.3 Å². The molecular formula is C21H34FN3O2. The molecule has 0 aliphatic carbocycles. The number of β-amino-alcohol motifs (C(OH)–C–C–N with tert-alkyl or cyclic N) is 1. The molecule has 0 radical (unpaired) electrons. The second-order valence-corrected chi connectivity index (χ2v) is 9.43. The van der Waals surface area contributed by atoms with Crippen molar-refractivity contribution in [3.63, 3.8) is 0 Å². The molecule has 0 spiro atoms. The maximum absolute atomic E-state index is 13.3. The van der Waals surface area contributed by atoms with Crippen LogP contribution in [0.1, 0.15) is 65.5 Å². The topological polar surface area (TPSA) is 65.5 Å². The van der Waals surface area contributed by atoms with Gasteiger partial charge in [-0.2, -0.15) is 0 Å². The van der Waals surface area contributed by atoms with Crippen LogP contribution in [-0.4, -0.2) is 46.1 Å². The van der Waals surface area contributed by atoms with Gasteiger partial charge in [0, 0.05) is 42.3 Å². The second-order valence-electron chi connectivity index (χ2n) is 9.43. The largest absolute Gasteiger partial charge is 0.387 e. The molecule has 1 aliphatic rings. The predicted octanol–water partition coefficient (Wildman–Crippen LogP) is 3.30. The number of nitrogens with one attached hydrogen (secondary N) is 1. The number of aliphatic hydroxyl groups is 1. The lowest BCUT2D eigenvalue weighted by Crippen LogP contribution is -2.49. The fourth-order valence-electron chi connectivity index (χ4n) is 3.79. The summed E-state index contributed by atoms with van der Waals surface area (Å²) in [5.74, 6) is 0.198. The van der Waals surface area contributed by atoms with Gasteiger partial charge in [-0.1, -0.05) is 20.8 Å². The molecule has 0 saturated carbocycles. The smallest absolute Gasteiger partial charge is 0.227 e. The molecule has 6 heteroatoms. The van der Waals surface area contributed by atoms with Gasteiger partial charge in [-0.05, 0) is 45.1 Å². The zero-order valence-electron chi connectivity index (χ0n) is 17.3. The number of rotatable bonds is 6. The zero-order valence-corrected chi connectivity index (χ0v) is 17.3. The first kappa shape index (κ1) is 21.8. The van der Waals surface area contributed by atoms with Gasteiger partial charge in [0.25, 0.3) is 0 Å². The molecule has 1 saturated heterocycles. The normalized spacial score (nSPS) is 19.8. The van der Waals surface area contributed by atoms with E-state index in [0.29, 0.717) is 18.0 Å². The molecule has 2 atom stereocenters. The summed E-state index contributed by atoms with van der Waals surface area (Å²) >= 11 is 0. The monoisotopic (exact) mass is 379 g/mol. The molecule has 152 valence electrons. The molecule has 1 amide bonds. The molecule has 1 aromatic heterocycles. The predicted molar refractivity (Wildman–Crippen MR) is 105 cm³/mol. The Morgan fingerprint density at radius 3 is 2.70 bits per heavy atom. The second kappa shape index (κ2) is 8.65. The molecule has 0 aromatic carbocycles. The van der Waals surface area contributed by atoms with Crippen molar-refractivity contribution in [2.24, 2.45) is 11.3 Å². The number of hydrogen-bond acceptors (Lipinski definition) is 4. The van der Waals surface area contributed by atoms with Gasteiger partial charge in [-0.3, -0.25) is 9.78 Å². The van der Waals surface area contributed by atoms with E-state index in [1.165, 1.54) is 12.3 Å². The highest BCUT2D eigenvalue weighted by atomic mass is 19.1. The Kier molecular flexibility index (Phi) is 6.98. The molecule has 0 bridgehead atoms. The third kappa shape index (κ3) is 6.54. The van der Waals surface area contributed by atoms with Crippen molar-refractivity contribution in [1.29, 1.82) is 0 Å². The maximum Gasteiger partial charge on any atom is 0.227 e. The first-order valence-electron chi connectivity index (χ1n) is 9.81. The van der Waals surface area contributed by atoms with Gasteiger partial charge >= 0.3 is 0 Å². The van der Waals surface area contributed by atoms with Crippen LogP contribution in [0, 0.1) is 17.2 Å². The summed E-state index contributed by atoms with van der Waals surface area (Å²) in [4.78, 5) is 18.4. The van der Waals surface area contributed by atoms with Crippen molar-refractivity contribution >= 4 is 5.91 Å². The standard InChI is InChI=1S/C21H34FN3O2/c1-20(2,3)19(27)25-8-6-7-15(14-25)10-21(4,5)24-13-18(26)16-9-17(22)12-23-11-16/h9,11-12,15,18,24,26H,6-8,10,13-14H2,1-5H3/t15-,18-/m0/s1. The Morgan fingerprint density at radius 1 is 1.37 bits per heavy atom. The minimum absolute atomic E-state index is 0.194. The highest BCUT2D eigenvalue weighted by molar-refractivity contribution is 5.81. The first-order chi connectivity index (χ1) is 12.5. The van der Waals surface area contributed by atoms with Crippen LogP contribution in [-0.2, 0) is 4.79 Å². The number of hydrogen-bond donors (Lipinski definition) is 2. The SMILES string of the molecule is CC(C)(C[C@@H]1CCCN(C(=O)C(C)(C)C)C1)NC[C@H](O)c1cncc(F)c1. The highest BCUT2D eigenvalue weighted by Crippen LogP contribution is 2.28. The third-order valence-electron chi connectivity index (χ3n) is 5.13. The number of piperidine rings is 1. The summed E-state index contributed by atoms with van der Waals surface area (Å²) in [5.41, 5.74) is -0.0724. The van der Waals surface area contributed by atoms with Crippen LogP contribution in [0.4, 0.5) is 4.39 Å². The van der Waals surface area contributed by atoms with E-state index < -0.39 is 11.9 Å². The number of likely N-dealkylation sites (tertiary alicyclic amines) is 1. The van der Waals surface area contributed by atoms with E-state index in [1.807, 2.05) is 25.7 Å². The molecule has 0 unspecified atom stereocenters. The molecule has 2 rings (SSSR count). The van der Waals surface area contributed by atoms with Crippen LogP contribution in [0.3, 0.4) is 0 Å². The van der Waals surface area contributed by atoms with Gasteiger partial charge < -0.3 is 15.3 Å². The lowest BCUT2D eigenvalue weighted by atomic mass is 9.84. The number of carbonyl (C=O) groups excluding carboxylic acids is 1. The van der Waals surface area contributed by atoms with Crippen LogP contribution in [0.2, 0.25) is 0 Å². The minimum atomic E-state index is -0.808. The van der Waals surface area contributed by atoms with Crippen LogP contribution in [0.15, 0.2) is 18.5 Å². The van der Waals surface area contributed by atoms with Gasteiger partial charge in [0.15, 0.2) is 0 Å². The number of amides is 1. The molecule has 1 aliphatic heterocycles. The average molecular weight is 380 g/mol. The third-order valence-corrected chi connectivity index (χ3v) is 5.13. The Balaban J connectivity index is 1.88. The Hall–Kier alpha value is -1.53. The number of carbonyl (C=O) groups is 1. The Labute approximate surface area is 162 Å². The maximum atomic E-state index is 13.3. The van der Waals surface area contributed by atoms with E-state index >= 15 is 0 Å². The van der Waals surface area contributed by atoms with E-state index in [2.05, 4.69) is 24.1 Å². The van der Waals surface area contributed by atoms with Crippen molar-refractivity contribution in [2.75, 3.05) is 19.6 Å². The molecular weight excluding hydrogens is 345 g/mol. The summed E-state index contributed by atoms with van der Waals surface area (Å²) in [6.07, 6.45) is 4.85.